The van der Waals surface area contributed by atoms with E-state index in [4.69, 9.17) is 5.73 Å². The molecule has 0 aliphatic carbocycles. The van der Waals surface area contributed by atoms with Crippen LogP contribution in [-0.2, 0) is 0 Å². The summed E-state index contributed by atoms with van der Waals surface area (Å²) in [6.07, 6.45) is 4.74. The quantitative estimate of drug-likeness (QED) is 0.684. The summed E-state index contributed by atoms with van der Waals surface area (Å²) in [6, 6.07) is 1.47. The Kier molecular flexibility index (Phi) is 2.96. The maximum Gasteiger partial charge on any atom is 0.274 e. The van der Waals surface area contributed by atoms with Crippen LogP contribution in [-0.4, -0.2) is 26.5 Å². The maximum absolute atomic E-state index is 12.1. The number of aromatic amines is 1. The largest absolute Gasteiger partial charge is 0.379 e. The molecule has 1 unspecified atom stereocenters. The SMILES string of the molecule is NC1CCCNc2c1nc(-c1ccncn1)[nH]c2=O. The van der Waals surface area contributed by atoms with Crippen molar-refractivity contribution in [2.24, 2.45) is 5.73 Å². The zero-order chi connectivity index (χ0) is 13.2. The van der Waals surface area contributed by atoms with Crippen LogP contribution in [0.1, 0.15) is 24.6 Å². The molecule has 4 N–H and O–H groups in total. The highest BCUT2D eigenvalue weighted by molar-refractivity contribution is 5.55. The smallest absolute Gasteiger partial charge is 0.274 e. The topological polar surface area (TPSA) is 110 Å². The summed E-state index contributed by atoms with van der Waals surface area (Å²) in [4.78, 5) is 27.2. The van der Waals surface area contributed by atoms with Crippen LogP contribution >= 0.6 is 0 Å². The molecule has 2 aromatic rings. The van der Waals surface area contributed by atoms with Gasteiger partial charge in [-0.15, -0.1) is 0 Å². The van der Waals surface area contributed by atoms with Crippen molar-refractivity contribution in [2.75, 3.05) is 11.9 Å². The van der Waals surface area contributed by atoms with E-state index < -0.39 is 0 Å². The molecule has 7 nitrogen and oxygen atoms in total. The van der Waals surface area contributed by atoms with Gasteiger partial charge in [-0.3, -0.25) is 4.79 Å². The van der Waals surface area contributed by atoms with Crippen molar-refractivity contribution in [2.45, 2.75) is 18.9 Å². The third-order valence-corrected chi connectivity index (χ3v) is 3.12. The summed E-state index contributed by atoms with van der Waals surface area (Å²) in [6.45, 7) is 0.734. The van der Waals surface area contributed by atoms with Gasteiger partial charge in [0, 0.05) is 18.8 Å². The molecular weight excluding hydrogens is 244 g/mol. The fourth-order valence-corrected chi connectivity index (χ4v) is 2.15. The second kappa shape index (κ2) is 4.77. The second-order valence-corrected chi connectivity index (χ2v) is 4.44. The molecule has 0 radical (unpaired) electrons. The molecule has 0 fully saturated rings. The summed E-state index contributed by atoms with van der Waals surface area (Å²) in [5.41, 5.74) is 7.52. The van der Waals surface area contributed by atoms with Crippen LogP contribution in [0.3, 0.4) is 0 Å². The molecule has 0 amide bonds. The van der Waals surface area contributed by atoms with Gasteiger partial charge in [-0.05, 0) is 18.9 Å². The lowest BCUT2D eigenvalue weighted by Crippen LogP contribution is -2.21. The van der Waals surface area contributed by atoms with Gasteiger partial charge in [-0.1, -0.05) is 0 Å². The first kappa shape index (κ1) is 11.8. The Balaban J connectivity index is 2.15. The standard InChI is InChI=1S/C12H14N6O/c13-7-2-1-4-15-10-9(7)17-11(18-12(10)19)8-3-5-14-6-16-8/h3,5-7,15H,1-2,4,13H2,(H,17,18,19). The molecule has 0 spiro atoms. The first-order valence-electron chi connectivity index (χ1n) is 6.16. The summed E-state index contributed by atoms with van der Waals surface area (Å²) in [5, 5.41) is 3.08. The molecule has 2 aromatic heterocycles. The highest BCUT2D eigenvalue weighted by Gasteiger charge is 2.20. The van der Waals surface area contributed by atoms with Crippen LogP contribution in [0, 0.1) is 0 Å². The van der Waals surface area contributed by atoms with Crippen molar-refractivity contribution in [3.63, 3.8) is 0 Å². The molecule has 0 aromatic carbocycles. The second-order valence-electron chi connectivity index (χ2n) is 4.44. The van der Waals surface area contributed by atoms with Gasteiger partial charge in [0.05, 0.1) is 5.69 Å². The number of nitrogens with two attached hydrogens (primary N) is 1. The molecule has 1 aliphatic heterocycles. The average molecular weight is 258 g/mol. The number of nitrogens with zero attached hydrogens (tertiary/aromatic N) is 3. The van der Waals surface area contributed by atoms with Crippen molar-refractivity contribution in [1.29, 1.82) is 0 Å². The molecule has 1 aliphatic rings. The Morgan fingerprint density at radius 2 is 2.32 bits per heavy atom. The van der Waals surface area contributed by atoms with E-state index in [1.54, 1.807) is 12.3 Å². The highest BCUT2D eigenvalue weighted by atomic mass is 16.1. The Labute approximate surface area is 109 Å². The maximum atomic E-state index is 12.1. The van der Waals surface area contributed by atoms with Crippen molar-refractivity contribution >= 4 is 5.69 Å². The Morgan fingerprint density at radius 3 is 3.11 bits per heavy atom. The molecule has 98 valence electrons. The zero-order valence-corrected chi connectivity index (χ0v) is 10.3. The predicted molar refractivity (Wildman–Crippen MR) is 70.5 cm³/mol. The zero-order valence-electron chi connectivity index (χ0n) is 10.3. The minimum Gasteiger partial charge on any atom is -0.379 e. The summed E-state index contributed by atoms with van der Waals surface area (Å²) < 4.78 is 0. The van der Waals surface area contributed by atoms with Crippen LogP contribution in [0.2, 0.25) is 0 Å². The Bertz CT molecular complexity index is 638. The molecule has 1 atom stereocenters. The van der Waals surface area contributed by atoms with Gasteiger partial charge < -0.3 is 16.0 Å². The third kappa shape index (κ3) is 2.19. The van der Waals surface area contributed by atoms with E-state index in [1.165, 1.54) is 6.33 Å². The van der Waals surface area contributed by atoms with Gasteiger partial charge in [-0.25, -0.2) is 15.0 Å². The van der Waals surface area contributed by atoms with Crippen molar-refractivity contribution in [1.82, 2.24) is 19.9 Å². The molecule has 0 saturated heterocycles. The van der Waals surface area contributed by atoms with E-state index >= 15 is 0 Å². The van der Waals surface area contributed by atoms with Gasteiger partial charge in [0.15, 0.2) is 5.82 Å². The predicted octanol–water partition coefficient (Wildman–Crippen LogP) is 0.432. The fourth-order valence-electron chi connectivity index (χ4n) is 2.15. The van der Waals surface area contributed by atoms with Gasteiger partial charge in [-0.2, -0.15) is 0 Å². The van der Waals surface area contributed by atoms with E-state index in [9.17, 15) is 4.79 Å². The molecule has 19 heavy (non-hydrogen) atoms. The van der Waals surface area contributed by atoms with Gasteiger partial charge >= 0.3 is 0 Å². The van der Waals surface area contributed by atoms with Crippen molar-refractivity contribution < 1.29 is 0 Å². The van der Waals surface area contributed by atoms with Gasteiger partial charge in [0.2, 0.25) is 0 Å². The molecule has 0 saturated carbocycles. The van der Waals surface area contributed by atoms with E-state index in [2.05, 4.69) is 25.3 Å². The summed E-state index contributed by atoms with van der Waals surface area (Å²) in [7, 11) is 0. The van der Waals surface area contributed by atoms with Crippen molar-refractivity contribution in [3.8, 4) is 11.5 Å². The number of aromatic nitrogens is 4. The minimum absolute atomic E-state index is 0.212. The van der Waals surface area contributed by atoms with Crippen LogP contribution in [0.5, 0.6) is 0 Å². The lowest BCUT2D eigenvalue weighted by atomic mass is 10.1. The molecule has 3 rings (SSSR count). The Hall–Kier alpha value is -2.28. The number of fused-ring (bicyclic) bond motifs is 1. The highest BCUT2D eigenvalue weighted by Crippen LogP contribution is 2.24. The number of nitrogens with one attached hydrogen (secondary N) is 2. The molecule has 0 bridgehead atoms. The van der Waals surface area contributed by atoms with Crippen molar-refractivity contribution in [3.05, 3.63) is 34.6 Å². The third-order valence-electron chi connectivity index (χ3n) is 3.12. The average Bonchev–Trinajstić information content (AvgIpc) is 2.63. The number of hydrogen-bond acceptors (Lipinski definition) is 6. The normalized spacial score (nSPS) is 18.3. The van der Waals surface area contributed by atoms with Crippen LogP contribution in [0.4, 0.5) is 5.69 Å². The number of H-pyrrole nitrogens is 1. The minimum atomic E-state index is -0.229. The van der Waals surface area contributed by atoms with Gasteiger partial charge in [0.25, 0.3) is 5.56 Å². The van der Waals surface area contributed by atoms with E-state index in [0.29, 0.717) is 22.9 Å². The first-order chi connectivity index (χ1) is 9.25. The van der Waals surface area contributed by atoms with Crippen LogP contribution < -0.4 is 16.6 Å². The fraction of sp³-hybridized carbons (Fsp3) is 0.333. The van der Waals surface area contributed by atoms with E-state index in [0.717, 1.165) is 19.4 Å². The van der Waals surface area contributed by atoms with E-state index in [1.807, 2.05) is 0 Å². The van der Waals surface area contributed by atoms with Gasteiger partial charge in [0.1, 0.15) is 17.7 Å². The summed E-state index contributed by atoms with van der Waals surface area (Å²) >= 11 is 0. The Morgan fingerprint density at radius 1 is 1.42 bits per heavy atom. The first-order valence-corrected chi connectivity index (χ1v) is 6.16. The molecule has 7 heteroatoms. The van der Waals surface area contributed by atoms with Crippen LogP contribution in [0.15, 0.2) is 23.4 Å². The number of rotatable bonds is 1. The van der Waals surface area contributed by atoms with Crippen LogP contribution in [0.25, 0.3) is 11.5 Å². The summed E-state index contributed by atoms with van der Waals surface area (Å²) in [5.74, 6) is 0.422. The van der Waals surface area contributed by atoms with E-state index in [-0.39, 0.29) is 11.6 Å². The number of anilines is 1. The lowest BCUT2D eigenvalue weighted by Gasteiger charge is -2.12. The molecular formula is C12H14N6O. The molecule has 3 heterocycles. The monoisotopic (exact) mass is 258 g/mol. The lowest BCUT2D eigenvalue weighted by molar-refractivity contribution is 0.627. The number of hydrogen-bond donors (Lipinski definition) is 3.